The maximum Gasteiger partial charge on any atom is 0.193 e. The van der Waals surface area contributed by atoms with Crippen LogP contribution in [0.5, 0.6) is 0 Å². The predicted octanol–water partition coefficient (Wildman–Crippen LogP) is 4.42. The summed E-state index contributed by atoms with van der Waals surface area (Å²) in [6.07, 6.45) is 6.95. The van der Waals surface area contributed by atoms with Crippen LogP contribution in [-0.2, 0) is 11.5 Å². The molecule has 0 aliphatic carbocycles. The van der Waals surface area contributed by atoms with E-state index < -0.39 is 8.07 Å². The minimum Gasteiger partial charge on any atom is -0.359 e. The van der Waals surface area contributed by atoms with E-state index in [0.717, 1.165) is 33.8 Å². The number of aromatic nitrogens is 5. The molecule has 0 N–H and O–H groups in total. The van der Waals surface area contributed by atoms with Gasteiger partial charge in [-0.25, -0.2) is 14.6 Å². The Morgan fingerprint density at radius 1 is 1.27 bits per heavy atom. The molecule has 3 heterocycles. The first kappa shape index (κ1) is 18.6. The van der Waals surface area contributed by atoms with Crippen molar-refractivity contribution >= 4 is 25.5 Å². The van der Waals surface area contributed by atoms with Gasteiger partial charge in [0.15, 0.2) is 5.82 Å². The lowest BCUT2D eigenvalue weighted by Crippen LogP contribution is -2.22. The van der Waals surface area contributed by atoms with E-state index in [-0.39, 0.29) is 0 Å². The minimum atomic E-state index is -1.08. The lowest BCUT2D eigenvalue weighted by molar-refractivity contribution is 0.0785. The Labute approximate surface area is 158 Å². The van der Waals surface area contributed by atoms with Gasteiger partial charge in [-0.1, -0.05) is 26.2 Å². The molecular formula is C18H23N5OSSi. The smallest absolute Gasteiger partial charge is 0.193 e. The number of pyridine rings is 1. The van der Waals surface area contributed by atoms with Gasteiger partial charge < -0.3 is 4.74 Å². The van der Waals surface area contributed by atoms with Crippen LogP contribution in [-0.4, -0.2) is 39.4 Å². The zero-order valence-corrected chi connectivity index (χ0v) is 17.2. The van der Waals surface area contributed by atoms with E-state index in [1.165, 1.54) is 0 Å². The molecule has 0 unspecified atom stereocenters. The number of hydrogen-bond acceptors (Lipinski definition) is 6. The van der Waals surface area contributed by atoms with Crippen molar-refractivity contribution in [2.45, 2.75) is 32.4 Å². The molecule has 3 rings (SSSR count). The lowest BCUT2D eigenvalue weighted by Gasteiger charge is -2.15. The molecular weight excluding hydrogens is 362 g/mol. The van der Waals surface area contributed by atoms with Crippen LogP contribution in [0.4, 0.5) is 0 Å². The van der Waals surface area contributed by atoms with Gasteiger partial charge in [-0.15, -0.1) is 16.4 Å². The van der Waals surface area contributed by atoms with Crippen molar-refractivity contribution in [2.75, 3.05) is 6.61 Å². The maximum atomic E-state index is 5.73. The normalized spacial score (nSPS) is 11.7. The standard InChI is InChI=1S/C18H23N5OSSi/c1-5-15-16(25-18(21-15)14-6-8-19-9-7-14)17-20-12-23(22-17)13-24-10-11-26(2,3)4/h5-9,12H,1,10-11,13H2,2-4H3. The lowest BCUT2D eigenvalue weighted by atomic mass is 10.3. The molecule has 8 heteroatoms. The second-order valence-corrected chi connectivity index (χ2v) is 13.7. The highest BCUT2D eigenvalue weighted by Gasteiger charge is 2.16. The highest BCUT2D eigenvalue weighted by atomic mass is 32.1. The molecule has 3 aromatic rings. The van der Waals surface area contributed by atoms with Gasteiger partial charge in [0.25, 0.3) is 0 Å². The van der Waals surface area contributed by atoms with Crippen molar-refractivity contribution in [3.05, 3.63) is 43.1 Å². The fourth-order valence-electron chi connectivity index (χ4n) is 2.25. The predicted molar refractivity (Wildman–Crippen MR) is 109 cm³/mol. The van der Waals surface area contributed by atoms with Crippen LogP contribution < -0.4 is 0 Å². The summed E-state index contributed by atoms with van der Waals surface area (Å²) in [5, 5.41) is 5.44. The van der Waals surface area contributed by atoms with Gasteiger partial charge in [-0.05, 0) is 24.3 Å². The van der Waals surface area contributed by atoms with E-state index >= 15 is 0 Å². The molecule has 3 aromatic heterocycles. The van der Waals surface area contributed by atoms with Crippen molar-refractivity contribution < 1.29 is 4.74 Å². The maximum absolute atomic E-state index is 5.73. The van der Waals surface area contributed by atoms with Gasteiger partial charge in [0.05, 0.1) is 5.69 Å². The third-order valence-corrected chi connectivity index (χ3v) is 6.55. The van der Waals surface area contributed by atoms with E-state index in [1.54, 1.807) is 40.8 Å². The fourth-order valence-corrected chi connectivity index (χ4v) is 4.01. The van der Waals surface area contributed by atoms with Gasteiger partial charge in [0.1, 0.15) is 22.9 Å². The zero-order chi connectivity index (χ0) is 18.6. The summed E-state index contributed by atoms with van der Waals surface area (Å²) in [6, 6.07) is 5.01. The largest absolute Gasteiger partial charge is 0.359 e. The Bertz CT molecular complexity index is 869. The van der Waals surface area contributed by atoms with Crippen molar-refractivity contribution in [1.29, 1.82) is 0 Å². The van der Waals surface area contributed by atoms with Crippen LogP contribution in [0.2, 0.25) is 25.7 Å². The number of rotatable bonds is 8. The van der Waals surface area contributed by atoms with Crippen LogP contribution in [0.1, 0.15) is 5.69 Å². The topological polar surface area (TPSA) is 65.7 Å². The van der Waals surface area contributed by atoms with Crippen molar-refractivity contribution in [3.8, 4) is 21.3 Å². The van der Waals surface area contributed by atoms with Gasteiger partial charge in [-0.2, -0.15) is 0 Å². The Hall–Kier alpha value is -2.16. The average Bonchev–Trinajstić information content (AvgIpc) is 3.25. The second-order valence-electron chi connectivity index (χ2n) is 7.13. The Morgan fingerprint density at radius 3 is 2.73 bits per heavy atom. The summed E-state index contributed by atoms with van der Waals surface area (Å²) in [5.41, 5.74) is 1.81. The van der Waals surface area contributed by atoms with E-state index in [4.69, 9.17) is 4.74 Å². The molecule has 26 heavy (non-hydrogen) atoms. The van der Waals surface area contributed by atoms with E-state index in [9.17, 15) is 0 Å². The first-order chi connectivity index (χ1) is 12.5. The fraction of sp³-hybridized carbons (Fsp3) is 0.333. The van der Waals surface area contributed by atoms with Gasteiger partial charge in [-0.3, -0.25) is 4.98 Å². The number of ether oxygens (including phenoxy) is 1. The zero-order valence-electron chi connectivity index (χ0n) is 15.3. The summed E-state index contributed by atoms with van der Waals surface area (Å²) in [7, 11) is -1.08. The molecule has 0 saturated carbocycles. The van der Waals surface area contributed by atoms with Crippen molar-refractivity contribution in [2.24, 2.45) is 0 Å². The molecule has 0 saturated heterocycles. The van der Waals surface area contributed by atoms with Crippen LogP contribution in [0.15, 0.2) is 37.4 Å². The van der Waals surface area contributed by atoms with E-state index in [0.29, 0.717) is 12.6 Å². The quantitative estimate of drug-likeness (QED) is 0.424. The SMILES string of the molecule is C=Cc1nc(-c2ccncc2)sc1-c1ncn(COCC[Si](C)(C)C)n1. The molecule has 0 aromatic carbocycles. The number of hydrogen-bond donors (Lipinski definition) is 0. The molecule has 0 spiro atoms. The van der Waals surface area contributed by atoms with Gasteiger partial charge in [0, 0.05) is 32.6 Å². The minimum absolute atomic E-state index is 0.414. The van der Waals surface area contributed by atoms with Crippen LogP contribution in [0.25, 0.3) is 27.3 Å². The van der Waals surface area contributed by atoms with Crippen LogP contribution >= 0.6 is 11.3 Å². The second kappa shape index (κ2) is 8.03. The van der Waals surface area contributed by atoms with E-state index in [1.807, 2.05) is 12.1 Å². The molecule has 0 amide bonds. The summed E-state index contributed by atoms with van der Waals surface area (Å²) in [4.78, 5) is 14.0. The summed E-state index contributed by atoms with van der Waals surface area (Å²) < 4.78 is 7.45. The summed E-state index contributed by atoms with van der Waals surface area (Å²) in [6.45, 7) is 12.1. The van der Waals surface area contributed by atoms with Crippen molar-refractivity contribution in [1.82, 2.24) is 24.7 Å². The molecule has 0 fully saturated rings. The molecule has 6 nitrogen and oxygen atoms in total. The van der Waals surface area contributed by atoms with Crippen molar-refractivity contribution in [3.63, 3.8) is 0 Å². The third-order valence-electron chi connectivity index (χ3n) is 3.73. The Kier molecular flexibility index (Phi) is 5.75. The first-order valence-electron chi connectivity index (χ1n) is 8.47. The Balaban J connectivity index is 1.72. The average molecular weight is 386 g/mol. The molecule has 0 aliphatic heterocycles. The molecule has 0 aliphatic rings. The highest BCUT2D eigenvalue weighted by Crippen LogP contribution is 2.34. The third kappa shape index (κ3) is 4.72. The number of nitrogens with zero attached hydrogens (tertiary/aromatic N) is 5. The van der Waals surface area contributed by atoms with E-state index in [2.05, 4.69) is 46.3 Å². The van der Waals surface area contributed by atoms with Crippen LogP contribution in [0, 0.1) is 0 Å². The highest BCUT2D eigenvalue weighted by molar-refractivity contribution is 7.18. The van der Waals surface area contributed by atoms with Gasteiger partial charge in [0.2, 0.25) is 0 Å². The molecule has 0 radical (unpaired) electrons. The Morgan fingerprint density at radius 2 is 2.04 bits per heavy atom. The van der Waals surface area contributed by atoms with Gasteiger partial charge >= 0.3 is 0 Å². The summed E-state index contributed by atoms with van der Waals surface area (Å²) >= 11 is 1.55. The molecule has 0 bridgehead atoms. The van der Waals surface area contributed by atoms with Crippen LogP contribution in [0.3, 0.4) is 0 Å². The molecule has 136 valence electrons. The number of thiazole rings is 1. The first-order valence-corrected chi connectivity index (χ1v) is 13.0. The molecule has 0 atom stereocenters. The summed E-state index contributed by atoms with van der Waals surface area (Å²) in [5.74, 6) is 0.645. The monoisotopic (exact) mass is 385 g/mol.